The molecule has 1 aromatic carbocycles. The number of carbonyl (C=O) groups is 1. The van der Waals surface area contributed by atoms with E-state index in [9.17, 15) is 4.79 Å². The molecule has 3 rings (SSSR count). The lowest BCUT2D eigenvalue weighted by molar-refractivity contribution is -0.118. The fourth-order valence-electron chi connectivity index (χ4n) is 2.83. The van der Waals surface area contributed by atoms with Crippen LogP contribution in [0.3, 0.4) is 0 Å². The Balaban J connectivity index is 0.00000147. The fraction of sp³-hybridized carbons (Fsp3) is 0.562. The summed E-state index contributed by atoms with van der Waals surface area (Å²) in [6.45, 7) is 4.53. The number of anilines is 1. The predicted octanol–water partition coefficient (Wildman–Crippen LogP) is 2.63. The van der Waals surface area contributed by atoms with Crippen molar-refractivity contribution in [2.75, 3.05) is 24.5 Å². The zero-order valence-electron chi connectivity index (χ0n) is 12.0. The van der Waals surface area contributed by atoms with Crippen LogP contribution in [0.25, 0.3) is 0 Å². The van der Waals surface area contributed by atoms with Crippen molar-refractivity contribution in [1.29, 1.82) is 0 Å². The smallest absolute Gasteiger partial charge is 0.240 e. The maximum absolute atomic E-state index is 12.4. The number of hydrogen-bond donors (Lipinski definition) is 1. The van der Waals surface area contributed by atoms with Crippen LogP contribution in [0.15, 0.2) is 24.3 Å². The second-order valence-electron chi connectivity index (χ2n) is 6.02. The summed E-state index contributed by atoms with van der Waals surface area (Å²) < 4.78 is 0. The summed E-state index contributed by atoms with van der Waals surface area (Å²) in [6.07, 6.45) is 3.73. The fourth-order valence-corrected chi connectivity index (χ4v) is 2.83. The highest BCUT2D eigenvalue weighted by Crippen LogP contribution is 2.29. The highest BCUT2D eigenvalue weighted by Gasteiger charge is 2.26. The van der Waals surface area contributed by atoms with E-state index < -0.39 is 0 Å². The van der Waals surface area contributed by atoms with Crippen molar-refractivity contribution in [3.63, 3.8) is 0 Å². The summed E-state index contributed by atoms with van der Waals surface area (Å²) in [5, 5.41) is 3.30. The van der Waals surface area contributed by atoms with Crippen molar-refractivity contribution in [3.05, 3.63) is 29.8 Å². The molecule has 1 atom stereocenters. The van der Waals surface area contributed by atoms with Crippen molar-refractivity contribution in [2.45, 2.75) is 26.2 Å². The summed E-state index contributed by atoms with van der Waals surface area (Å²) >= 11 is 0. The van der Waals surface area contributed by atoms with Gasteiger partial charge in [-0.05, 0) is 49.3 Å². The van der Waals surface area contributed by atoms with Gasteiger partial charge >= 0.3 is 0 Å². The Bertz CT molecular complexity index is 473. The van der Waals surface area contributed by atoms with Crippen molar-refractivity contribution >= 4 is 24.0 Å². The molecule has 1 unspecified atom stereocenters. The molecule has 0 spiro atoms. The number of nitrogens with one attached hydrogen (secondary N) is 1. The lowest BCUT2D eigenvalue weighted by Crippen LogP contribution is -2.43. The topological polar surface area (TPSA) is 32.3 Å². The van der Waals surface area contributed by atoms with Crippen LogP contribution in [0.2, 0.25) is 0 Å². The van der Waals surface area contributed by atoms with Gasteiger partial charge in [0.1, 0.15) is 0 Å². The summed E-state index contributed by atoms with van der Waals surface area (Å²) in [6, 6.07) is 8.29. The minimum Gasteiger partial charge on any atom is -0.311 e. The van der Waals surface area contributed by atoms with Gasteiger partial charge in [-0.1, -0.05) is 25.1 Å². The number of nitrogens with zero attached hydrogens (tertiary/aromatic N) is 1. The van der Waals surface area contributed by atoms with Crippen LogP contribution in [0, 0.1) is 11.8 Å². The quantitative estimate of drug-likeness (QED) is 0.926. The van der Waals surface area contributed by atoms with Crippen LogP contribution < -0.4 is 10.2 Å². The normalized spacial score (nSPS) is 21.1. The van der Waals surface area contributed by atoms with Gasteiger partial charge in [-0.15, -0.1) is 12.4 Å². The van der Waals surface area contributed by atoms with Crippen molar-refractivity contribution in [3.8, 4) is 0 Å². The summed E-state index contributed by atoms with van der Waals surface area (Å²) in [7, 11) is 0. The SMILES string of the molecule is CC1Cc2ccccc2N(C(=O)CNCC2CC2)C1.Cl. The van der Waals surface area contributed by atoms with Crippen LogP contribution in [-0.2, 0) is 11.2 Å². The summed E-state index contributed by atoms with van der Waals surface area (Å²) in [5.41, 5.74) is 2.41. The van der Waals surface area contributed by atoms with E-state index in [1.54, 1.807) is 0 Å². The molecule has 20 heavy (non-hydrogen) atoms. The van der Waals surface area contributed by atoms with E-state index in [1.807, 2.05) is 11.0 Å². The van der Waals surface area contributed by atoms with Gasteiger partial charge in [0.2, 0.25) is 5.91 Å². The van der Waals surface area contributed by atoms with E-state index in [2.05, 4.69) is 30.4 Å². The van der Waals surface area contributed by atoms with Gasteiger partial charge in [0, 0.05) is 12.2 Å². The minimum absolute atomic E-state index is 0. The molecule has 1 amide bonds. The molecule has 1 heterocycles. The number of carbonyl (C=O) groups excluding carboxylic acids is 1. The van der Waals surface area contributed by atoms with E-state index in [1.165, 1.54) is 18.4 Å². The molecule has 1 saturated carbocycles. The Kier molecular flexibility index (Phi) is 5.06. The number of halogens is 1. The molecule has 1 aromatic rings. The van der Waals surface area contributed by atoms with E-state index in [4.69, 9.17) is 0 Å². The van der Waals surface area contributed by atoms with Crippen LogP contribution in [-0.4, -0.2) is 25.5 Å². The highest BCUT2D eigenvalue weighted by molar-refractivity contribution is 5.96. The first-order valence-corrected chi connectivity index (χ1v) is 7.33. The first kappa shape index (κ1) is 15.3. The summed E-state index contributed by atoms with van der Waals surface area (Å²) in [4.78, 5) is 14.3. The number of hydrogen-bond acceptors (Lipinski definition) is 2. The predicted molar refractivity (Wildman–Crippen MR) is 84.5 cm³/mol. The van der Waals surface area contributed by atoms with Crippen LogP contribution in [0.1, 0.15) is 25.3 Å². The third-order valence-electron chi connectivity index (χ3n) is 4.05. The Morgan fingerprint density at radius 2 is 2.10 bits per heavy atom. The number of para-hydroxylation sites is 1. The van der Waals surface area contributed by atoms with Gasteiger partial charge < -0.3 is 10.2 Å². The maximum Gasteiger partial charge on any atom is 0.240 e. The van der Waals surface area contributed by atoms with Crippen LogP contribution in [0.4, 0.5) is 5.69 Å². The average Bonchev–Trinajstić information content (AvgIpc) is 3.21. The molecule has 0 bridgehead atoms. The lowest BCUT2D eigenvalue weighted by atomic mass is 9.94. The standard InChI is InChI=1S/C16H22N2O.ClH/c1-12-8-14-4-2-3-5-15(14)18(11-12)16(19)10-17-9-13-6-7-13;/h2-5,12-13,17H,6-11H2,1H3;1H. The number of amides is 1. The highest BCUT2D eigenvalue weighted by atomic mass is 35.5. The molecule has 2 aliphatic rings. The van der Waals surface area contributed by atoms with E-state index in [0.717, 1.165) is 31.1 Å². The molecule has 1 fully saturated rings. The number of benzene rings is 1. The van der Waals surface area contributed by atoms with Gasteiger partial charge in [-0.25, -0.2) is 0 Å². The summed E-state index contributed by atoms with van der Waals surface area (Å²) in [5.74, 6) is 1.57. The Hall–Kier alpha value is -1.06. The average molecular weight is 295 g/mol. The molecule has 110 valence electrons. The Morgan fingerprint density at radius 3 is 2.85 bits per heavy atom. The zero-order chi connectivity index (χ0) is 13.2. The number of fused-ring (bicyclic) bond motifs is 1. The molecule has 3 nitrogen and oxygen atoms in total. The van der Waals surface area contributed by atoms with E-state index in [0.29, 0.717) is 12.5 Å². The van der Waals surface area contributed by atoms with Crippen molar-refractivity contribution < 1.29 is 4.79 Å². The zero-order valence-corrected chi connectivity index (χ0v) is 12.8. The first-order chi connectivity index (χ1) is 9.24. The molecule has 0 radical (unpaired) electrons. The monoisotopic (exact) mass is 294 g/mol. The van der Waals surface area contributed by atoms with Crippen LogP contribution in [0.5, 0.6) is 0 Å². The number of rotatable bonds is 4. The maximum atomic E-state index is 12.4. The van der Waals surface area contributed by atoms with Gasteiger partial charge in [0.15, 0.2) is 0 Å². The lowest BCUT2D eigenvalue weighted by Gasteiger charge is -2.33. The molecule has 1 aliphatic carbocycles. The Morgan fingerprint density at radius 1 is 1.35 bits per heavy atom. The molecule has 0 aromatic heterocycles. The third-order valence-corrected chi connectivity index (χ3v) is 4.05. The largest absolute Gasteiger partial charge is 0.311 e. The van der Waals surface area contributed by atoms with Crippen LogP contribution >= 0.6 is 12.4 Å². The van der Waals surface area contributed by atoms with Crippen molar-refractivity contribution in [2.24, 2.45) is 11.8 Å². The third kappa shape index (κ3) is 3.53. The molecule has 4 heteroatoms. The Labute approximate surface area is 127 Å². The van der Waals surface area contributed by atoms with E-state index >= 15 is 0 Å². The first-order valence-electron chi connectivity index (χ1n) is 7.33. The minimum atomic E-state index is 0. The molecule has 0 saturated heterocycles. The van der Waals surface area contributed by atoms with Gasteiger partial charge in [-0.2, -0.15) is 0 Å². The van der Waals surface area contributed by atoms with Gasteiger partial charge in [0.25, 0.3) is 0 Å². The molecule has 1 N–H and O–H groups in total. The second kappa shape index (κ2) is 6.59. The van der Waals surface area contributed by atoms with Gasteiger partial charge in [-0.3, -0.25) is 4.79 Å². The molecular weight excluding hydrogens is 272 g/mol. The second-order valence-corrected chi connectivity index (χ2v) is 6.02. The van der Waals surface area contributed by atoms with Gasteiger partial charge in [0.05, 0.1) is 6.54 Å². The van der Waals surface area contributed by atoms with Crippen molar-refractivity contribution in [1.82, 2.24) is 5.32 Å². The molecule has 1 aliphatic heterocycles. The molecular formula is C16H23ClN2O. The van der Waals surface area contributed by atoms with E-state index in [-0.39, 0.29) is 18.3 Å².